The van der Waals surface area contributed by atoms with Gasteiger partial charge in [0.05, 0.1) is 12.6 Å². The maximum atomic E-state index is 14.5. The summed E-state index contributed by atoms with van der Waals surface area (Å²) in [6, 6.07) is 4.03. The molecule has 40 heavy (non-hydrogen) atoms. The van der Waals surface area contributed by atoms with Crippen molar-refractivity contribution in [2.75, 3.05) is 25.0 Å². The minimum Gasteiger partial charge on any atom is -0.364 e. The van der Waals surface area contributed by atoms with Crippen LogP contribution in [0, 0.1) is 16.7 Å². The standard InChI is InChI=1S/C32H38FN7/c1-19-14-26(21-10-13-36-28(15-21)40-30-25(33)16-22(34)17-37-30)38-31(39-27-11-12-35-18-32(27,2)3)29-23(19)6-4-5-7-24(29)20-8-9-20/h5-7,10,13-15,20,27,34-35,37H,1,4,8-9,11-12,16-18H2,2-3H3,(H,36,40)(H,38,39). The highest BCUT2D eigenvalue weighted by molar-refractivity contribution is 6.10. The van der Waals surface area contributed by atoms with Crippen molar-refractivity contribution in [3.05, 3.63) is 88.7 Å². The van der Waals surface area contributed by atoms with Crippen LogP contribution in [-0.2, 0) is 0 Å². The van der Waals surface area contributed by atoms with Gasteiger partial charge in [-0.3, -0.25) is 4.99 Å². The van der Waals surface area contributed by atoms with Crippen LogP contribution < -0.4 is 21.3 Å². The van der Waals surface area contributed by atoms with Gasteiger partial charge in [-0.2, -0.15) is 0 Å². The number of fused-ring (bicyclic) bond motifs is 1. The Labute approximate surface area is 235 Å². The molecule has 1 aromatic rings. The monoisotopic (exact) mass is 539 g/mol. The van der Waals surface area contributed by atoms with Gasteiger partial charge in [0.15, 0.2) is 0 Å². The van der Waals surface area contributed by atoms with Gasteiger partial charge in [0.25, 0.3) is 0 Å². The number of nitrogens with one attached hydrogen (secondary N) is 5. The first-order valence-corrected chi connectivity index (χ1v) is 14.3. The van der Waals surface area contributed by atoms with Crippen LogP contribution in [0.2, 0.25) is 0 Å². The fourth-order valence-electron chi connectivity index (χ4n) is 5.83. The van der Waals surface area contributed by atoms with Gasteiger partial charge in [0.2, 0.25) is 0 Å². The molecule has 8 heteroatoms. The van der Waals surface area contributed by atoms with Crippen LogP contribution in [0.25, 0.3) is 5.70 Å². The Kier molecular flexibility index (Phi) is 7.04. The third kappa shape index (κ3) is 5.45. The van der Waals surface area contributed by atoms with Crippen LogP contribution in [0.5, 0.6) is 0 Å². The normalized spacial score (nSPS) is 25.9. The zero-order chi connectivity index (χ0) is 27.9. The van der Waals surface area contributed by atoms with Crippen LogP contribution in [-0.4, -0.2) is 42.2 Å². The summed E-state index contributed by atoms with van der Waals surface area (Å²) < 4.78 is 14.5. The number of piperidine rings is 1. The summed E-state index contributed by atoms with van der Waals surface area (Å²) in [4.78, 5) is 9.90. The molecule has 5 aliphatic rings. The number of hydrogen-bond acceptors (Lipinski definition) is 6. The summed E-state index contributed by atoms with van der Waals surface area (Å²) in [5.74, 6) is 1.86. The van der Waals surface area contributed by atoms with Crippen molar-refractivity contribution >= 4 is 23.1 Å². The predicted molar refractivity (Wildman–Crippen MR) is 161 cm³/mol. The van der Waals surface area contributed by atoms with E-state index in [4.69, 9.17) is 10.4 Å². The van der Waals surface area contributed by atoms with Crippen molar-refractivity contribution in [2.24, 2.45) is 16.3 Å². The maximum Gasteiger partial charge on any atom is 0.146 e. The van der Waals surface area contributed by atoms with Crippen LogP contribution in [0.15, 0.2) is 88.1 Å². The van der Waals surface area contributed by atoms with E-state index < -0.39 is 0 Å². The molecule has 0 radical (unpaired) electrons. The number of pyridine rings is 1. The van der Waals surface area contributed by atoms with Gasteiger partial charge in [-0.25, -0.2) is 9.37 Å². The molecule has 0 bridgehead atoms. The molecule has 1 saturated carbocycles. The number of hydrogen-bond donors (Lipinski definition) is 5. The number of rotatable bonds is 5. The van der Waals surface area contributed by atoms with Gasteiger partial charge in [0, 0.05) is 41.7 Å². The van der Waals surface area contributed by atoms with E-state index in [0.29, 0.717) is 24.0 Å². The first kappa shape index (κ1) is 26.4. The van der Waals surface area contributed by atoms with Crippen molar-refractivity contribution in [1.29, 1.82) is 5.41 Å². The molecule has 6 rings (SSSR count). The van der Waals surface area contributed by atoms with Gasteiger partial charge in [0.1, 0.15) is 23.3 Å². The Morgan fingerprint density at radius 3 is 2.88 bits per heavy atom. The molecule has 1 atom stereocenters. The summed E-state index contributed by atoms with van der Waals surface area (Å²) >= 11 is 0. The van der Waals surface area contributed by atoms with Crippen molar-refractivity contribution in [1.82, 2.24) is 20.9 Å². The minimum absolute atomic E-state index is 0.0103. The molecule has 0 spiro atoms. The zero-order valence-electron chi connectivity index (χ0n) is 23.3. The summed E-state index contributed by atoms with van der Waals surface area (Å²) in [6.45, 7) is 11.3. The van der Waals surface area contributed by atoms with Crippen LogP contribution in [0.4, 0.5) is 10.2 Å². The Balaban J connectivity index is 1.41. The van der Waals surface area contributed by atoms with E-state index in [1.807, 2.05) is 12.1 Å². The molecule has 3 aliphatic heterocycles. The van der Waals surface area contributed by atoms with E-state index >= 15 is 0 Å². The molecule has 0 aromatic carbocycles. The SMILES string of the molecule is C=C1C=C(c2ccnc(NC3=C(F)CC(=N)CN3)c2)NC(=NC2CCNCC2(C)C)C2=C(C3CC3)C=CCC=C12. The second kappa shape index (κ2) is 10.7. The lowest BCUT2D eigenvalue weighted by molar-refractivity contribution is 0.223. The average molecular weight is 540 g/mol. The molecule has 2 fully saturated rings. The van der Waals surface area contributed by atoms with E-state index in [1.165, 1.54) is 24.0 Å². The molecule has 0 amide bonds. The number of nitrogens with zero attached hydrogens (tertiary/aromatic N) is 2. The molecule has 1 saturated heterocycles. The number of allylic oxidation sites excluding steroid dienone is 7. The van der Waals surface area contributed by atoms with E-state index in [9.17, 15) is 4.39 Å². The van der Waals surface area contributed by atoms with Crippen LogP contribution >= 0.6 is 0 Å². The van der Waals surface area contributed by atoms with E-state index in [1.54, 1.807) is 6.20 Å². The molecule has 208 valence electrons. The quantitative estimate of drug-likeness (QED) is 0.339. The third-order valence-corrected chi connectivity index (χ3v) is 8.29. The minimum atomic E-state index is -0.387. The largest absolute Gasteiger partial charge is 0.364 e. The summed E-state index contributed by atoms with van der Waals surface area (Å²) in [6.07, 6.45) is 14.9. The van der Waals surface area contributed by atoms with Crippen LogP contribution in [0.3, 0.4) is 0 Å². The fraction of sp³-hybridized carbons (Fsp3) is 0.406. The molecule has 2 aliphatic carbocycles. The Hall–Kier alpha value is -3.78. The number of aliphatic imine (C=N–C) groups is 1. The molecular formula is C32H38FN7. The first-order chi connectivity index (χ1) is 19.3. The van der Waals surface area contributed by atoms with E-state index in [2.05, 4.69) is 71.0 Å². The topological polar surface area (TPSA) is 97.2 Å². The predicted octanol–water partition coefficient (Wildman–Crippen LogP) is 5.52. The van der Waals surface area contributed by atoms with Gasteiger partial charge in [-0.1, -0.05) is 38.7 Å². The average Bonchev–Trinajstić information content (AvgIpc) is 3.77. The Morgan fingerprint density at radius 1 is 1.25 bits per heavy atom. The van der Waals surface area contributed by atoms with Gasteiger partial charge < -0.3 is 26.7 Å². The second-order valence-electron chi connectivity index (χ2n) is 12.0. The maximum absolute atomic E-state index is 14.5. The van der Waals surface area contributed by atoms with Crippen molar-refractivity contribution in [3.63, 3.8) is 0 Å². The second-order valence-corrected chi connectivity index (χ2v) is 12.0. The molecule has 7 nitrogen and oxygen atoms in total. The number of anilines is 1. The lowest BCUT2D eigenvalue weighted by Crippen LogP contribution is -2.46. The number of amidine groups is 1. The molecular weight excluding hydrogens is 501 g/mol. The van der Waals surface area contributed by atoms with Crippen molar-refractivity contribution < 1.29 is 4.39 Å². The lowest BCUT2D eigenvalue weighted by atomic mass is 9.80. The number of aromatic nitrogens is 1. The highest BCUT2D eigenvalue weighted by Crippen LogP contribution is 2.44. The Bertz CT molecular complexity index is 1430. The summed E-state index contributed by atoms with van der Waals surface area (Å²) in [5, 5.41) is 21.0. The third-order valence-electron chi connectivity index (χ3n) is 8.29. The molecule has 1 aromatic heterocycles. The highest BCUT2D eigenvalue weighted by Gasteiger charge is 2.36. The zero-order valence-corrected chi connectivity index (χ0v) is 23.3. The van der Waals surface area contributed by atoms with Crippen molar-refractivity contribution in [2.45, 2.75) is 52.0 Å². The van der Waals surface area contributed by atoms with Gasteiger partial charge in [-0.15, -0.1) is 0 Å². The van der Waals surface area contributed by atoms with Crippen LogP contribution in [0.1, 0.15) is 51.5 Å². The fourth-order valence-corrected chi connectivity index (χ4v) is 5.83. The summed E-state index contributed by atoms with van der Waals surface area (Å²) in [5.41, 5.74) is 6.76. The van der Waals surface area contributed by atoms with E-state index in [0.717, 1.165) is 54.2 Å². The highest BCUT2D eigenvalue weighted by atomic mass is 19.1. The van der Waals surface area contributed by atoms with E-state index in [-0.39, 0.29) is 29.5 Å². The van der Waals surface area contributed by atoms with Gasteiger partial charge >= 0.3 is 0 Å². The van der Waals surface area contributed by atoms with Gasteiger partial charge in [-0.05, 0) is 78.5 Å². The Morgan fingerprint density at radius 2 is 2.10 bits per heavy atom. The molecule has 4 heterocycles. The lowest BCUT2D eigenvalue weighted by Gasteiger charge is -2.37. The van der Waals surface area contributed by atoms with Crippen molar-refractivity contribution in [3.8, 4) is 0 Å². The number of halogens is 1. The smallest absolute Gasteiger partial charge is 0.146 e. The molecule has 1 unspecified atom stereocenters. The summed E-state index contributed by atoms with van der Waals surface area (Å²) in [7, 11) is 0. The molecule has 5 N–H and O–H groups in total. The first-order valence-electron chi connectivity index (χ1n) is 14.3.